The van der Waals surface area contributed by atoms with E-state index in [4.69, 9.17) is 18.6 Å². The van der Waals surface area contributed by atoms with Gasteiger partial charge in [-0.05, 0) is 27.4 Å². The molecule has 6 heteroatoms. The molecule has 2 atom stereocenters. The number of benzene rings is 3. The van der Waals surface area contributed by atoms with Gasteiger partial charge in [-0.2, -0.15) is 0 Å². The molecule has 0 spiro atoms. The van der Waals surface area contributed by atoms with Gasteiger partial charge in [0.25, 0.3) is 8.32 Å². The highest BCUT2D eigenvalue weighted by atomic mass is 28.4. The summed E-state index contributed by atoms with van der Waals surface area (Å²) in [7, 11) is -1.27. The van der Waals surface area contributed by atoms with E-state index >= 15 is 0 Å². The Kier molecular flexibility index (Phi) is 8.65. The number of hydrogen-bond donors (Lipinski definition) is 0. The van der Waals surface area contributed by atoms with Gasteiger partial charge in [0.15, 0.2) is 0 Å². The minimum absolute atomic E-state index is 0.0650. The molecule has 0 aromatic heterocycles. The van der Waals surface area contributed by atoms with Gasteiger partial charge in [-0.15, -0.1) is 0 Å². The number of carbonyl (C=O) groups is 1. The van der Waals surface area contributed by atoms with Crippen molar-refractivity contribution in [2.75, 3.05) is 26.9 Å². The van der Waals surface area contributed by atoms with Crippen LogP contribution in [0.3, 0.4) is 0 Å². The van der Waals surface area contributed by atoms with E-state index in [0.29, 0.717) is 26.2 Å². The topological polar surface area (TPSA) is 54.0 Å². The van der Waals surface area contributed by atoms with Crippen molar-refractivity contribution in [3.05, 3.63) is 96.6 Å². The lowest BCUT2D eigenvalue weighted by Crippen LogP contribution is -2.67. The average Bonchev–Trinajstić information content (AvgIpc) is 3.57. The first-order valence-electron chi connectivity index (χ1n) is 12.9. The zero-order chi connectivity index (χ0) is 26.4. The highest BCUT2D eigenvalue weighted by Crippen LogP contribution is 2.49. The number of methoxy groups -OCH3 is 1. The predicted molar refractivity (Wildman–Crippen MR) is 148 cm³/mol. The van der Waals surface area contributed by atoms with Crippen LogP contribution in [0.5, 0.6) is 0 Å². The van der Waals surface area contributed by atoms with Gasteiger partial charge in [0.1, 0.15) is 12.2 Å². The van der Waals surface area contributed by atoms with Crippen LogP contribution in [0.1, 0.15) is 32.8 Å². The van der Waals surface area contributed by atoms with E-state index in [9.17, 15) is 4.79 Å². The molecule has 3 aromatic carbocycles. The Bertz CT molecular complexity index is 1090. The molecule has 0 saturated heterocycles. The second kappa shape index (κ2) is 11.7. The van der Waals surface area contributed by atoms with E-state index in [1.54, 1.807) is 0 Å². The lowest BCUT2D eigenvalue weighted by atomic mass is 10.2. The van der Waals surface area contributed by atoms with Crippen molar-refractivity contribution >= 4 is 24.7 Å². The van der Waals surface area contributed by atoms with E-state index < -0.39 is 13.9 Å². The Morgan fingerprint density at radius 1 is 0.892 bits per heavy atom. The van der Waals surface area contributed by atoms with Gasteiger partial charge >= 0.3 is 5.97 Å². The Balaban J connectivity index is 1.59. The molecule has 1 aliphatic rings. The molecule has 0 radical (unpaired) electrons. The van der Waals surface area contributed by atoms with Crippen LogP contribution in [0, 0.1) is 5.92 Å². The van der Waals surface area contributed by atoms with Gasteiger partial charge in [0.05, 0.1) is 19.8 Å². The summed E-state index contributed by atoms with van der Waals surface area (Å²) in [6.45, 7) is 7.99. The van der Waals surface area contributed by atoms with E-state index in [-0.39, 0.29) is 23.5 Å². The van der Waals surface area contributed by atoms with Crippen molar-refractivity contribution in [3.8, 4) is 0 Å². The first kappa shape index (κ1) is 27.3. The number of esters is 1. The lowest BCUT2D eigenvalue weighted by molar-refractivity contribution is -0.159. The molecular formula is C31H38O5Si. The summed E-state index contributed by atoms with van der Waals surface area (Å²) in [6.07, 6.45) is 0.704. The molecule has 0 amide bonds. The number of carbonyl (C=O) groups excluding carboxylic acids is 1. The van der Waals surface area contributed by atoms with E-state index in [1.165, 1.54) is 17.5 Å². The maximum Gasteiger partial charge on any atom is 0.332 e. The highest BCUT2D eigenvalue weighted by molar-refractivity contribution is 6.99. The van der Waals surface area contributed by atoms with Crippen LogP contribution in [0.15, 0.2) is 91.0 Å². The van der Waals surface area contributed by atoms with Crippen LogP contribution in [0.2, 0.25) is 5.04 Å². The molecular weight excluding hydrogens is 480 g/mol. The van der Waals surface area contributed by atoms with Crippen LogP contribution in [0.25, 0.3) is 0 Å². The fraction of sp³-hybridized carbons (Fsp3) is 0.387. The third-order valence-corrected chi connectivity index (χ3v) is 12.1. The largest absolute Gasteiger partial charge is 0.455 e. The summed E-state index contributed by atoms with van der Waals surface area (Å²) in [6, 6.07) is 31.1. The van der Waals surface area contributed by atoms with Crippen molar-refractivity contribution < 1.29 is 23.4 Å². The van der Waals surface area contributed by atoms with Gasteiger partial charge in [0.2, 0.25) is 0 Å². The summed E-state index contributed by atoms with van der Waals surface area (Å²) in [5, 5.41) is 2.23. The molecule has 3 aromatic rings. The van der Waals surface area contributed by atoms with Gasteiger partial charge in [0, 0.05) is 13.0 Å². The normalized spacial score (nSPS) is 19.4. The van der Waals surface area contributed by atoms with E-state index in [0.717, 1.165) is 5.56 Å². The fourth-order valence-electron chi connectivity index (χ4n) is 5.16. The van der Waals surface area contributed by atoms with Crippen LogP contribution in [-0.2, 0) is 30.0 Å². The summed E-state index contributed by atoms with van der Waals surface area (Å²) < 4.78 is 24.3. The lowest BCUT2D eigenvalue weighted by Gasteiger charge is -2.43. The molecule has 0 heterocycles. The first-order chi connectivity index (χ1) is 17.8. The van der Waals surface area contributed by atoms with Crippen molar-refractivity contribution in [3.63, 3.8) is 0 Å². The molecule has 196 valence electrons. The van der Waals surface area contributed by atoms with Gasteiger partial charge in [-0.25, -0.2) is 4.79 Å². The van der Waals surface area contributed by atoms with Crippen LogP contribution >= 0.6 is 0 Å². The molecule has 1 aliphatic carbocycles. The van der Waals surface area contributed by atoms with Crippen molar-refractivity contribution in [2.45, 2.75) is 44.4 Å². The molecule has 37 heavy (non-hydrogen) atoms. The molecule has 0 bridgehead atoms. The summed E-state index contributed by atoms with van der Waals surface area (Å²) in [4.78, 5) is 12.6. The molecule has 1 saturated carbocycles. The van der Waals surface area contributed by atoms with Crippen molar-refractivity contribution in [1.29, 1.82) is 0 Å². The summed E-state index contributed by atoms with van der Waals surface area (Å²) in [5.74, 6) is -0.311. The predicted octanol–water partition coefficient (Wildman–Crippen LogP) is 4.73. The average molecular weight is 519 g/mol. The minimum atomic E-state index is -2.77. The Morgan fingerprint density at radius 3 is 1.95 bits per heavy atom. The smallest absolute Gasteiger partial charge is 0.332 e. The number of rotatable bonds is 12. The monoisotopic (exact) mass is 518 g/mol. The van der Waals surface area contributed by atoms with Crippen molar-refractivity contribution in [1.82, 2.24) is 0 Å². The van der Waals surface area contributed by atoms with E-state index in [1.807, 2.05) is 42.5 Å². The maximum atomic E-state index is 12.6. The summed E-state index contributed by atoms with van der Waals surface area (Å²) in [5.41, 5.74) is 0.396. The van der Waals surface area contributed by atoms with Gasteiger partial charge in [-0.1, -0.05) is 112 Å². The fourth-order valence-corrected chi connectivity index (χ4v) is 9.78. The standard InChI is InChI=1S/C31H38O5Si/c1-30(2,3)37(27-16-10-6-11-17-27,28-18-12-7-13-19-28)35-24-31(36-29(32)23-33-4)20-26(31)22-34-21-25-14-8-5-9-15-25/h5-19,26H,20-24H2,1-4H3. The Morgan fingerprint density at radius 2 is 1.43 bits per heavy atom. The molecule has 4 rings (SSSR count). The third kappa shape index (κ3) is 6.21. The zero-order valence-corrected chi connectivity index (χ0v) is 23.3. The Hall–Kier alpha value is -2.77. The second-order valence-corrected chi connectivity index (χ2v) is 15.1. The maximum absolute atomic E-state index is 12.6. The third-order valence-electron chi connectivity index (χ3n) is 7.14. The Labute approximate surface area is 221 Å². The van der Waals surface area contributed by atoms with Gasteiger partial charge < -0.3 is 18.6 Å². The molecule has 0 N–H and O–H groups in total. The molecule has 2 unspecified atom stereocenters. The number of hydrogen-bond acceptors (Lipinski definition) is 5. The SMILES string of the molecule is COCC(=O)OC1(CO[Si](c2ccccc2)(c2ccccc2)C(C)(C)C)CC1COCc1ccccc1. The van der Waals surface area contributed by atoms with E-state index in [2.05, 4.69) is 69.3 Å². The first-order valence-corrected chi connectivity index (χ1v) is 14.8. The summed E-state index contributed by atoms with van der Waals surface area (Å²) >= 11 is 0. The molecule has 0 aliphatic heterocycles. The van der Waals surface area contributed by atoms with Crippen LogP contribution < -0.4 is 10.4 Å². The zero-order valence-electron chi connectivity index (χ0n) is 22.3. The van der Waals surface area contributed by atoms with Gasteiger partial charge in [-0.3, -0.25) is 0 Å². The van der Waals surface area contributed by atoms with Crippen LogP contribution in [-0.4, -0.2) is 46.8 Å². The molecule has 1 fully saturated rings. The van der Waals surface area contributed by atoms with Crippen LogP contribution in [0.4, 0.5) is 0 Å². The highest BCUT2D eigenvalue weighted by Gasteiger charge is 2.61. The minimum Gasteiger partial charge on any atom is -0.455 e. The quantitative estimate of drug-likeness (QED) is 0.256. The number of ether oxygens (including phenoxy) is 3. The second-order valence-electron chi connectivity index (χ2n) is 10.8. The molecule has 5 nitrogen and oxygen atoms in total. The van der Waals surface area contributed by atoms with Crippen molar-refractivity contribution in [2.24, 2.45) is 5.92 Å².